The maximum absolute atomic E-state index is 9.20. The molecule has 1 N–H and O–H groups in total. The first-order valence-corrected chi connectivity index (χ1v) is 4.85. The van der Waals surface area contributed by atoms with Gasteiger partial charge in [-0.25, -0.2) is 9.97 Å². The minimum atomic E-state index is -0.363. The number of hydrogen-bond donors (Lipinski definition) is 1. The maximum Gasteiger partial charge on any atom is 0.157 e. The molecule has 0 spiro atoms. The maximum atomic E-state index is 9.20. The Bertz CT molecular complexity index is 441. The van der Waals surface area contributed by atoms with Crippen molar-refractivity contribution in [3.8, 4) is 0 Å². The number of aliphatic hydroxyl groups is 1. The molecule has 5 heteroatoms. The molecule has 0 fully saturated rings. The average molecular weight is 207 g/mol. The molecule has 1 atom stereocenters. The second-order valence-electron chi connectivity index (χ2n) is 3.11. The van der Waals surface area contributed by atoms with Gasteiger partial charge in [-0.1, -0.05) is 0 Å². The third-order valence-corrected chi connectivity index (χ3v) is 2.22. The van der Waals surface area contributed by atoms with Crippen LogP contribution in [0, 0.1) is 0 Å². The van der Waals surface area contributed by atoms with Crippen LogP contribution in [0.4, 0.5) is 0 Å². The molecular formula is C10H13N3O2. The summed E-state index contributed by atoms with van der Waals surface area (Å²) in [6, 6.07) is 1.87. The molecule has 1 unspecified atom stereocenters. The summed E-state index contributed by atoms with van der Waals surface area (Å²) in [5.41, 5.74) is 1.72. The van der Waals surface area contributed by atoms with Crippen LogP contribution < -0.4 is 0 Å². The summed E-state index contributed by atoms with van der Waals surface area (Å²) in [6.07, 6.45) is 4.69. The fraction of sp³-hybridized carbons (Fsp3) is 0.400. The van der Waals surface area contributed by atoms with Crippen molar-refractivity contribution < 1.29 is 9.84 Å². The van der Waals surface area contributed by atoms with E-state index in [4.69, 9.17) is 4.74 Å². The molecule has 2 aromatic rings. The van der Waals surface area contributed by atoms with Gasteiger partial charge in [0.05, 0.1) is 23.8 Å². The Hall–Kier alpha value is -1.46. The molecule has 0 saturated heterocycles. The van der Waals surface area contributed by atoms with Crippen LogP contribution in [0.3, 0.4) is 0 Å². The summed E-state index contributed by atoms with van der Waals surface area (Å²) in [6.45, 7) is 2.38. The van der Waals surface area contributed by atoms with Crippen molar-refractivity contribution in [1.82, 2.24) is 14.5 Å². The lowest BCUT2D eigenvalue weighted by Crippen LogP contribution is -2.15. The molecule has 2 aromatic heterocycles. The van der Waals surface area contributed by atoms with Crippen molar-refractivity contribution in [2.75, 3.05) is 13.2 Å². The minimum Gasteiger partial charge on any atom is -0.392 e. The summed E-state index contributed by atoms with van der Waals surface area (Å²) < 4.78 is 7.23. The van der Waals surface area contributed by atoms with Gasteiger partial charge in [0.2, 0.25) is 0 Å². The third-order valence-electron chi connectivity index (χ3n) is 2.22. The van der Waals surface area contributed by atoms with Crippen LogP contribution >= 0.6 is 0 Å². The molecule has 0 saturated carbocycles. The topological polar surface area (TPSA) is 60.2 Å². The first-order chi connectivity index (χ1) is 7.36. The van der Waals surface area contributed by atoms with Crippen molar-refractivity contribution in [3.63, 3.8) is 0 Å². The Morgan fingerprint density at radius 2 is 2.47 bits per heavy atom. The molecule has 0 bridgehead atoms. The summed E-state index contributed by atoms with van der Waals surface area (Å²) in [5, 5.41) is 9.20. The highest BCUT2D eigenvalue weighted by Crippen LogP contribution is 2.17. The lowest BCUT2D eigenvalue weighted by atomic mass is 10.4. The number of nitrogens with zero attached hydrogens (tertiary/aromatic N) is 3. The van der Waals surface area contributed by atoms with Gasteiger partial charge in [-0.05, 0) is 13.0 Å². The molecule has 2 heterocycles. The second-order valence-corrected chi connectivity index (χ2v) is 3.11. The summed E-state index contributed by atoms with van der Waals surface area (Å²) in [4.78, 5) is 8.06. The number of rotatable bonds is 4. The Labute approximate surface area is 87.3 Å². The van der Waals surface area contributed by atoms with E-state index in [2.05, 4.69) is 9.97 Å². The highest BCUT2D eigenvalue weighted by molar-refractivity contribution is 5.74. The molecule has 0 aliphatic heterocycles. The van der Waals surface area contributed by atoms with Gasteiger partial charge < -0.3 is 14.4 Å². The molecule has 2 rings (SSSR count). The largest absolute Gasteiger partial charge is 0.392 e. The van der Waals surface area contributed by atoms with Crippen LogP contribution in [0.2, 0.25) is 0 Å². The Balaban J connectivity index is 2.41. The predicted molar refractivity (Wildman–Crippen MR) is 55.3 cm³/mol. The monoisotopic (exact) mass is 207 g/mol. The number of aliphatic hydroxyl groups excluding tert-OH is 1. The third kappa shape index (κ3) is 1.84. The van der Waals surface area contributed by atoms with Crippen LogP contribution in [0.5, 0.6) is 0 Å². The molecule has 0 amide bonds. The van der Waals surface area contributed by atoms with E-state index in [0.717, 1.165) is 11.0 Å². The van der Waals surface area contributed by atoms with Crippen molar-refractivity contribution in [3.05, 3.63) is 24.8 Å². The van der Waals surface area contributed by atoms with Crippen molar-refractivity contribution in [2.24, 2.45) is 0 Å². The molecule has 15 heavy (non-hydrogen) atoms. The normalized spacial score (nSPS) is 13.2. The molecule has 0 aromatic carbocycles. The smallest absolute Gasteiger partial charge is 0.157 e. The van der Waals surface area contributed by atoms with Crippen LogP contribution in [0.25, 0.3) is 11.0 Å². The molecule has 0 radical (unpaired) electrons. The number of hydrogen-bond acceptors (Lipinski definition) is 4. The van der Waals surface area contributed by atoms with E-state index in [1.165, 1.54) is 6.33 Å². The summed E-state index contributed by atoms with van der Waals surface area (Å²) in [5.74, 6) is 0. The zero-order valence-electron chi connectivity index (χ0n) is 8.50. The zero-order valence-corrected chi connectivity index (χ0v) is 8.50. The lowest BCUT2D eigenvalue weighted by Gasteiger charge is -2.16. The number of fused-ring (bicyclic) bond motifs is 1. The minimum absolute atomic E-state index is 0.0630. The van der Waals surface area contributed by atoms with Gasteiger partial charge in [0, 0.05) is 12.8 Å². The zero-order chi connectivity index (χ0) is 10.7. The predicted octanol–water partition coefficient (Wildman–Crippen LogP) is 0.959. The Morgan fingerprint density at radius 1 is 1.60 bits per heavy atom. The van der Waals surface area contributed by atoms with Gasteiger partial charge >= 0.3 is 0 Å². The molecule has 0 aliphatic carbocycles. The number of ether oxygens (including phenoxy) is 1. The van der Waals surface area contributed by atoms with Gasteiger partial charge in [-0.3, -0.25) is 0 Å². The molecular weight excluding hydrogens is 194 g/mol. The first kappa shape index (κ1) is 10.1. The fourth-order valence-electron chi connectivity index (χ4n) is 1.55. The quantitative estimate of drug-likeness (QED) is 0.811. The molecule has 80 valence electrons. The van der Waals surface area contributed by atoms with Crippen LogP contribution in [-0.2, 0) is 4.74 Å². The summed E-state index contributed by atoms with van der Waals surface area (Å²) >= 11 is 0. The summed E-state index contributed by atoms with van der Waals surface area (Å²) in [7, 11) is 0. The van der Waals surface area contributed by atoms with E-state index >= 15 is 0 Å². The van der Waals surface area contributed by atoms with E-state index < -0.39 is 0 Å². The van der Waals surface area contributed by atoms with Gasteiger partial charge in [0.1, 0.15) is 6.33 Å². The van der Waals surface area contributed by atoms with E-state index in [1.54, 1.807) is 6.20 Å². The van der Waals surface area contributed by atoms with E-state index in [0.29, 0.717) is 6.61 Å². The van der Waals surface area contributed by atoms with Gasteiger partial charge in [-0.15, -0.1) is 0 Å². The van der Waals surface area contributed by atoms with Crippen LogP contribution in [0.15, 0.2) is 24.8 Å². The second kappa shape index (κ2) is 4.37. The highest BCUT2D eigenvalue weighted by Gasteiger charge is 2.12. The van der Waals surface area contributed by atoms with Gasteiger partial charge in [0.15, 0.2) is 6.23 Å². The van der Waals surface area contributed by atoms with E-state index in [-0.39, 0.29) is 12.8 Å². The van der Waals surface area contributed by atoms with Gasteiger partial charge in [0.25, 0.3) is 0 Å². The highest BCUT2D eigenvalue weighted by atomic mass is 16.5. The standard InChI is InChI=1S/C10H13N3O2/c1-2-15-10(6-14)13-4-3-8-9(13)5-11-7-12-8/h3-5,7,10,14H,2,6H2,1H3. The van der Waals surface area contributed by atoms with Crippen LogP contribution in [0.1, 0.15) is 13.2 Å². The average Bonchev–Trinajstić information content (AvgIpc) is 2.70. The fourth-order valence-corrected chi connectivity index (χ4v) is 1.55. The number of aromatic nitrogens is 3. The molecule has 5 nitrogen and oxygen atoms in total. The molecule has 0 aliphatic rings. The van der Waals surface area contributed by atoms with Gasteiger partial charge in [-0.2, -0.15) is 0 Å². The van der Waals surface area contributed by atoms with E-state index in [1.807, 2.05) is 23.8 Å². The van der Waals surface area contributed by atoms with E-state index in [9.17, 15) is 5.11 Å². The van der Waals surface area contributed by atoms with Crippen molar-refractivity contribution in [1.29, 1.82) is 0 Å². The van der Waals surface area contributed by atoms with Crippen LogP contribution in [-0.4, -0.2) is 32.9 Å². The SMILES string of the molecule is CCOC(CO)n1ccc2ncncc21. The Morgan fingerprint density at radius 3 is 3.20 bits per heavy atom. The van der Waals surface area contributed by atoms with Crippen molar-refractivity contribution in [2.45, 2.75) is 13.2 Å². The lowest BCUT2D eigenvalue weighted by molar-refractivity contribution is -0.0255. The first-order valence-electron chi connectivity index (χ1n) is 4.85. The Kier molecular flexibility index (Phi) is 2.94. The van der Waals surface area contributed by atoms with Crippen molar-refractivity contribution >= 4 is 11.0 Å².